The van der Waals surface area contributed by atoms with E-state index in [1.54, 1.807) is 10.9 Å². The smallest absolute Gasteiger partial charge is 0.190 e. The minimum Gasteiger partial charge on any atom is -0.292 e. The van der Waals surface area contributed by atoms with Crippen LogP contribution in [-0.2, 0) is 6.54 Å². The average molecular weight is 195 g/mol. The minimum absolute atomic E-state index is 0.0415. The van der Waals surface area contributed by atoms with E-state index in [1.165, 1.54) is 0 Å². The molecule has 0 radical (unpaired) electrons. The summed E-state index contributed by atoms with van der Waals surface area (Å²) in [5, 5.41) is 7.75. The summed E-state index contributed by atoms with van der Waals surface area (Å²) in [5.74, 6) is 0.0415. The lowest BCUT2D eigenvalue weighted by molar-refractivity contribution is 0.0853. The largest absolute Gasteiger partial charge is 0.292 e. The van der Waals surface area contributed by atoms with Crippen molar-refractivity contribution in [1.82, 2.24) is 15.0 Å². The fraction of sp³-hybridized carbons (Fsp3) is 0.700. The van der Waals surface area contributed by atoms with E-state index in [-0.39, 0.29) is 11.2 Å². The van der Waals surface area contributed by atoms with Crippen LogP contribution in [0.25, 0.3) is 0 Å². The van der Waals surface area contributed by atoms with Crippen molar-refractivity contribution in [1.29, 1.82) is 0 Å². The molecule has 0 saturated heterocycles. The van der Waals surface area contributed by atoms with Crippen LogP contribution < -0.4 is 0 Å². The quantitative estimate of drug-likeness (QED) is 0.692. The maximum Gasteiger partial charge on any atom is 0.190 e. The van der Waals surface area contributed by atoms with Crippen LogP contribution in [0.3, 0.4) is 0 Å². The molecule has 0 fully saturated rings. The molecule has 0 aliphatic rings. The van der Waals surface area contributed by atoms with Crippen LogP contribution in [0.15, 0.2) is 6.20 Å². The fourth-order valence-corrected chi connectivity index (χ4v) is 1.13. The van der Waals surface area contributed by atoms with Crippen LogP contribution in [0, 0.1) is 5.41 Å². The number of hydrogen-bond donors (Lipinski definition) is 0. The van der Waals surface area contributed by atoms with Gasteiger partial charge in [-0.05, 0) is 6.42 Å². The van der Waals surface area contributed by atoms with E-state index in [1.807, 2.05) is 20.8 Å². The Hall–Kier alpha value is -1.19. The van der Waals surface area contributed by atoms with Gasteiger partial charge in [0.2, 0.25) is 0 Å². The van der Waals surface area contributed by atoms with Crippen molar-refractivity contribution in [3.63, 3.8) is 0 Å². The van der Waals surface area contributed by atoms with Crippen molar-refractivity contribution in [2.75, 3.05) is 0 Å². The zero-order valence-corrected chi connectivity index (χ0v) is 9.24. The minimum atomic E-state index is -0.382. The zero-order chi connectivity index (χ0) is 10.8. The second kappa shape index (κ2) is 3.90. The van der Waals surface area contributed by atoms with E-state index in [2.05, 4.69) is 17.2 Å². The number of carbonyl (C=O) groups excluding carboxylic acids is 1. The Morgan fingerprint density at radius 2 is 2.14 bits per heavy atom. The summed E-state index contributed by atoms with van der Waals surface area (Å²) in [7, 11) is 0. The first-order valence-corrected chi connectivity index (χ1v) is 4.90. The maximum atomic E-state index is 11.8. The highest BCUT2D eigenvalue weighted by Crippen LogP contribution is 2.18. The van der Waals surface area contributed by atoms with E-state index >= 15 is 0 Å². The molecule has 1 aromatic heterocycles. The Morgan fingerprint density at radius 3 is 2.64 bits per heavy atom. The van der Waals surface area contributed by atoms with Crippen LogP contribution in [0.1, 0.15) is 44.6 Å². The van der Waals surface area contributed by atoms with Crippen LogP contribution in [-0.4, -0.2) is 20.8 Å². The van der Waals surface area contributed by atoms with Gasteiger partial charge in [-0.15, -0.1) is 5.10 Å². The number of Topliss-reactive ketones (excluding diaryl/α,β-unsaturated/α-hetero) is 1. The summed E-state index contributed by atoms with van der Waals surface area (Å²) in [5.41, 5.74) is 0.0820. The Labute approximate surface area is 84.3 Å². The molecule has 14 heavy (non-hydrogen) atoms. The maximum absolute atomic E-state index is 11.8. The third-order valence-electron chi connectivity index (χ3n) is 1.91. The molecule has 0 unspecified atom stereocenters. The van der Waals surface area contributed by atoms with Crippen molar-refractivity contribution in [2.24, 2.45) is 5.41 Å². The Balaban J connectivity index is 2.82. The molecule has 0 saturated carbocycles. The van der Waals surface area contributed by atoms with Crippen LogP contribution >= 0.6 is 0 Å². The molecule has 78 valence electrons. The predicted octanol–water partition coefficient (Wildman–Crippen LogP) is 1.92. The lowest BCUT2D eigenvalue weighted by Crippen LogP contribution is -2.20. The van der Waals surface area contributed by atoms with Crippen molar-refractivity contribution in [3.8, 4) is 0 Å². The summed E-state index contributed by atoms with van der Waals surface area (Å²) in [6, 6.07) is 0. The van der Waals surface area contributed by atoms with Gasteiger partial charge in [-0.2, -0.15) is 0 Å². The van der Waals surface area contributed by atoms with Crippen molar-refractivity contribution in [2.45, 2.75) is 40.7 Å². The van der Waals surface area contributed by atoms with Gasteiger partial charge in [0.25, 0.3) is 0 Å². The third kappa shape index (κ3) is 2.40. The van der Waals surface area contributed by atoms with Crippen molar-refractivity contribution in [3.05, 3.63) is 11.9 Å². The second-order valence-electron chi connectivity index (χ2n) is 4.45. The average Bonchev–Trinajstić information content (AvgIpc) is 2.50. The molecule has 1 rings (SSSR count). The SMILES string of the molecule is CCCn1cc(C(=O)C(C)(C)C)nn1. The number of aryl methyl sites for hydroxylation is 1. The Morgan fingerprint density at radius 1 is 1.50 bits per heavy atom. The highest BCUT2D eigenvalue weighted by Gasteiger charge is 2.25. The van der Waals surface area contributed by atoms with Gasteiger partial charge in [0.05, 0.1) is 6.20 Å². The third-order valence-corrected chi connectivity index (χ3v) is 1.91. The molecule has 0 amide bonds. The van der Waals surface area contributed by atoms with E-state index in [0.29, 0.717) is 5.69 Å². The van der Waals surface area contributed by atoms with Gasteiger partial charge in [0.15, 0.2) is 5.78 Å². The van der Waals surface area contributed by atoms with Gasteiger partial charge in [0, 0.05) is 12.0 Å². The summed E-state index contributed by atoms with van der Waals surface area (Å²) >= 11 is 0. The monoisotopic (exact) mass is 195 g/mol. The highest BCUT2D eigenvalue weighted by atomic mass is 16.1. The number of rotatable bonds is 3. The number of aromatic nitrogens is 3. The van der Waals surface area contributed by atoms with Gasteiger partial charge in [-0.3, -0.25) is 9.48 Å². The number of carbonyl (C=O) groups is 1. The summed E-state index contributed by atoms with van der Waals surface area (Å²) in [6.07, 6.45) is 2.71. The first-order chi connectivity index (χ1) is 6.45. The first kappa shape index (κ1) is 10.9. The standard InChI is InChI=1S/C10H17N3O/c1-5-6-13-7-8(11-12-13)9(14)10(2,3)4/h7H,5-6H2,1-4H3. The van der Waals surface area contributed by atoms with Crippen LogP contribution in [0.4, 0.5) is 0 Å². The van der Waals surface area contributed by atoms with Crippen LogP contribution in [0.5, 0.6) is 0 Å². The van der Waals surface area contributed by atoms with E-state index in [9.17, 15) is 4.79 Å². The number of nitrogens with zero attached hydrogens (tertiary/aromatic N) is 3. The molecule has 4 nitrogen and oxygen atoms in total. The molecule has 0 atom stereocenters. The summed E-state index contributed by atoms with van der Waals surface area (Å²) in [4.78, 5) is 11.8. The van der Waals surface area contributed by atoms with E-state index < -0.39 is 0 Å². The Bertz CT molecular complexity index is 322. The molecule has 0 spiro atoms. The molecule has 0 N–H and O–H groups in total. The normalized spacial score (nSPS) is 11.7. The first-order valence-electron chi connectivity index (χ1n) is 4.90. The van der Waals surface area contributed by atoms with Crippen molar-refractivity contribution >= 4 is 5.78 Å². The van der Waals surface area contributed by atoms with Crippen LogP contribution in [0.2, 0.25) is 0 Å². The van der Waals surface area contributed by atoms with Crippen molar-refractivity contribution < 1.29 is 4.79 Å². The number of ketones is 1. The Kier molecular flexibility index (Phi) is 3.03. The molecule has 0 aliphatic carbocycles. The second-order valence-corrected chi connectivity index (χ2v) is 4.45. The van der Waals surface area contributed by atoms with Gasteiger partial charge >= 0.3 is 0 Å². The molecule has 1 heterocycles. The number of hydrogen-bond acceptors (Lipinski definition) is 3. The predicted molar refractivity (Wildman–Crippen MR) is 54.1 cm³/mol. The molecule has 4 heteroatoms. The molecule has 0 aromatic carbocycles. The summed E-state index contributed by atoms with van der Waals surface area (Å²) in [6.45, 7) is 8.52. The van der Waals surface area contributed by atoms with Gasteiger partial charge in [-0.1, -0.05) is 32.9 Å². The van der Waals surface area contributed by atoms with E-state index in [0.717, 1.165) is 13.0 Å². The van der Waals surface area contributed by atoms with Gasteiger partial charge in [0.1, 0.15) is 5.69 Å². The lowest BCUT2D eigenvalue weighted by Gasteiger charge is -2.13. The van der Waals surface area contributed by atoms with Gasteiger partial charge < -0.3 is 0 Å². The fourth-order valence-electron chi connectivity index (χ4n) is 1.13. The van der Waals surface area contributed by atoms with E-state index in [4.69, 9.17) is 0 Å². The molecular weight excluding hydrogens is 178 g/mol. The molecule has 0 bridgehead atoms. The van der Waals surface area contributed by atoms with Gasteiger partial charge in [-0.25, -0.2) is 0 Å². The topological polar surface area (TPSA) is 47.8 Å². The molecule has 1 aromatic rings. The molecule has 0 aliphatic heterocycles. The summed E-state index contributed by atoms with van der Waals surface area (Å²) < 4.78 is 1.71. The molecular formula is C10H17N3O. The zero-order valence-electron chi connectivity index (χ0n) is 9.24. The lowest BCUT2D eigenvalue weighted by atomic mass is 9.89. The highest BCUT2D eigenvalue weighted by molar-refractivity contribution is 5.97.